The van der Waals surface area contributed by atoms with E-state index in [9.17, 15) is 21.6 Å². The van der Waals surface area contributed by atoms with Gasteiger partial charge in [-0.15, -0.1) is 0 Å². The van der Waals surface area contributed by atoms with Crippen molar-refractivity contribution < 1.29 is 21.6 Å². The number of carbonyl (C=O) groups is 1. The molecule has 1 aliphatic heterocycles. The number of primary sulfonamides is 1. The smallest absolute Gasteiger partial charge is 0.244 e. The molecule has 1 fully saturated rings. The topological polar surface area (TPSA) is 127 Å². The monoisotopic (exact) mass is 491 g/mol. The van der Waals surface area contributed by atoms with Crippen molar-refractivity contribution in [3.05, 3.63) is 52.5 Å². The summed E-state index contributed by atoms with van der Waals surface area (Å²) in [6.45, 7) is 0.254. The standard InChI is InChI=1S/C18H19Cl2N3O5S2/c19-13-3-8-16(20)17(10-13)30(27,28)23-9-1-2-12(11-23)18(24)22-14-4-6-15(7-5-14)29(21,25)26/h3-8,10,12H,1-2,9,11H2,(H,22,24)(H2,21,25,26)/t12-/m0/s1. The second kappa shape index (κ2) is 8.81. The highest BCUT2D eigenvalue weighted by atomic mass is 35.5. The lowest BCUT2D eigenvalue weighted by molar-refractivity contribution is -0.120. The van der Waals surface area contributed by atoms with E-state index in [1.54, 1.807) is 0 Å². The van der Waals surface area contributed by atoms with Crippen LogP contribution in [0.4, 0.5) is 5.69 Å². The SMILES string of the molecule is NS(=O)(=O)c1ccc(NC(=O)[C@H]2CCCN(S(=O)(=O)c3cc(Cl)ccc3Cl)C2)cc1. The lowest BCUT2D eigenvalue weighted by Gasteiger charge is -2.31. The Morgan fingerprint density at radius 3 is 2.37 bits per heavy atom. The summed E-state index contributed by atoms with van der Waals surface area (Å²) in [5.74, 6) is -0.945. The summed E-state index contributed by atoms with van der Waals surface area (Å²) in [6.07, 6.45) is 1.01. The van der Waals surface area contributed by atoms with Crippen LogP contribution < -0.4 is 10.5 Å². The lowest BCUT2D eigenvalue weighted by atomic mass is 9.99. The van der Waals surface area contributed by atoms with Gasteiger partial charge in [0.25, 0.3) is 0 Å². The summed E-state index contributed by atoms with van der Waals surface area (Å²) in [5, 5.41) is 8.03. The summed E-state index contributed by atoms with van der Waals surface area (Å²) in [6, 6.07) is 9.59. The van der Waals surface area contributed by atoms with Crippen LogP contribution in [0.25, 0.3) is 0 Å². The number of benzene rings is 2. The van der Waals surface area contributed by atoms with E-state index in [4.69, 9.17) is 28.3 Å². The van der Waals surface area contributed by atoms with Crippen LogP contribution in [0.2, 0.25) is 10.0 Å². The summed E-state index contributed by atoms with van der Waals surface area (Å²) >= 11 is 12.0. The van der Waals surface area contributed by atoms with Gasteiger partial charge in [-0.3, -0.25) is 4.79 Å². The van der Waals surface area contributed by atoms with Gasteiger partial charge < -0.3 is 5.32 Å². The van der Waals surface area contributed by atoms with Gasteiger partial charge in [-0.2, -0.15) is 4.31 Å². The third-order valence-corrected chi connectivity index (χ3v) is 8.23. The highest BCUT2D eigenvalue weighted by Gasteiger charge is 2.34. The number of amides is 1. The van der Waals surface area contributed by atoms with Crippen molar-refractivity contribution in [3.63, 3.8) is 0 Å². The van der Waals surface area contributed by atoms with E-state index in [-0.39, 0.29) is 38.8 Å². The van der Waals surface area contributed by atoms with Gasteiger partial charge in [0.05, 0.1) is 15.8 Å². The summed E-state index contributed by atoms with van der Waals surface area (Å²) in [4.78, 5) is 12.5. The number of nitrogens with two attached hydrogens (primary N) is 1. The summed E-state index contributed by atoms with van der Waals surface area (Å²) < 4.78 is 49.9. The van der Waals surface area contributed by atoms with Crippen molar-refractivity contribution in [1.82, 2.24) is 4.31 Å². The van der Waals surface area contributed by atoms with Crippen LogP contribution in [0.1, 0.15) is 12.8 Å². The summed E-state index contributed by atoms with van der Waals surface area (Å²) in [7, 11) is -7.75. The highest BCUT2D eigenvalue weighted by molar-refractivity contribution is 7.89. The Morgan fingerprint density at radius 2 is 1.73 bits per heavy atom. The molecule has 1 atom stereocenters. The van der Waals surface area contributed by atoms with Crippen molar-refractivity contribution in [3.8, 4) is 0 Å². The van der Waals surface area contributed by atoms with Crippen LogP contribution in [0.5, 0.6) is 0 Å². The maximum atomic E-state index is 13.0. The van der Waals surface area contributed by atoms with Gasteiger partial charge in [0.2, 0.25) is 26.0 Å². The van der Waals surface area contributed by atoms with Crippen LogP contribution >= 0.6 is 23.2 Å². The van der Waals surface area contributed by atoms with Crippen LogP contribution in [0, 0.1) is 5.92 Å². The average molecular weight is 492 g/mol. The number of rotatable bonds is 5. The van der Waals surface area contributed by atoms with Crippen LogP contribution in [-0.2, 0) is 24.8 Å². The van der Waals surface area contributed by atoms with Crippen LogP contribution in [0.15, 0.2) is 52.3 Å². The fourth-order valence-corrected chi connectivity index (χ4v) is 5.94. The van der Waals surface area contributed by atoms with Crippen molar-refractivity contribution in [1.29, 1.82) is 0 Å². The van der Waals surface area contributed by atoms with Crippen molar-refractivity contribution in [2.75, 3.05) is 18.4 Å². The minimum absolute atomic E-state index is 0.00767. The van der Waals surface area contributed by atoms with Gasteiger partial charge in [-0.1, -0.05) is 23.2 Å². The molecule has 2 aromatic rings. The number of hydrogen-bond acceptors (Lipinski definition) is 5. The number of nitrogens with zero attached hydrogens (tertiary/aromatic N) is 1. The zero-order valence-electron chi connectivity index (χ0n) is 15.6. The number of anilines is 1. The number of carbonyl (C=O) groups excluding carboxylic acids is 1. The molecule has 1 aliphatic rings. The molecule has 2 aromatic carbocycles. The van der Waals surface area contributed by atoms with E-state index in [0.29, 0.717) is 18.5 Å². The first-order chi connectivity index (χ1) is 14.0. The molecule has 162 valence electrons. The van der Waals surface area contributed by atoms with Crippen LogP contribution in [-0.4, -0.2) is 40.1 Å². The van der Waals surface area contributed by atoms with Gasteiger partial charge in [0.15, 0.2) is 0 Å². The predicted octanol–water partition coefficient (Wildman–Crippen LogP) is 2.68. The first-order valence-electron chi connectivity index (χ1n) is 8.87. The normalized spacial score (nSPS) is 18.2. The molecule has 30 heavy (non-hydrogen) atoms. The maximum absolute atomic E-state index is 13.0. The molecule has 12 heteroatoms. The van der Waals surface area contributed by atoms with Crippen molar-refractivity contribution in [2.24, 2.45) is 11.1 Å². The second-order valence-corrected chi connectivity index (χ2v) is 11.1. The zero-order chi connectivity index (χ0) is 22.1. The minimum atomic E-state index is -3.92. The van der Waals surface area contributed by atoms with E-state index >= 15 is 0 Å². The minimum Gasteiger partial charge on any atom is -0.326 e. The van der Waals surface area contributed by atoms with Crippen LogP contribution in [0.3, 0.4) is 0 Å². The Kier molecular flexibility index (Phi) is 6.75. The van der Waals surface area contributed by atoms with Gasteiger partial charge in [0, 0.05) is 23.8 Å². The maximum Gasteiger partial charge on any atom is 0.244 e. The van der Waals surface area contributed by atoms with E-state index < -0.39 is 26.0 Å². The molecule has 0 saturated carbocycles. The van der Waals surface area contributed by atoms with E-state index in [1.807, 2.05) is 0 Å². The number of hydrogen-bond donors (Lipinski definition) is 2. The Morgan fingerprint density at radius 1 is 1.07 bits per heavy atom. The number of halogens is 2. The fraction of sp³-hybridized carbons (Fsp3) is 0.278. The molecule has 0 aromatic heterocycles. The van der Waals surface area contributed by atoms with Gasteiger partial charge in [-0.05, 0) is 55.3 Å². The molecule has 1 saturated heterocycles. The number of piperidine rings is 1. The molecular weight excluding hydrogens is 473 g/mol. The Balaban J connectivity index is 1.74. The van der Waals surface area contributed by atoms with Gasteiger partial charge in [0.1, 0.15) is 4.90 Å². The van der Waals surface area contributed by atoms with Crippen molar-refractivity contribution in [2.45, 2.75) is 22.6 Å². The molecule has 0 bridgehead atoms. The Labute approximate surface area is 185 Å². The molecule has 1 heterocycles. The first-order valence-corrected chi connectivity index (χ1v) is 12.6. The van der Waals surface area contributed by atoms with E-state index in [0.717, 1.165) is 0 Å². The lowest BCUT2D eigenvalue weighted by Crippen LogP contribution is -2.43. The van der Waals surface area contributed by atoms with Crippen molar-refractivity contribution >= 4 is 54.8 Å². The molecule has 1 amide bonds. The highest BCUT2D eigenvalue weighted by Crippen LogP contribution is 2.30. The number of sulfonamides is 2. The third-order valence-electron chi connectivity index (χ3n) is 4.72. The number of nitrogens with one attached hydrogen (secondary N) is 1. The van der Waals surface area contributed by atoms with Gasteiger partial charge in [-0.25, -0.2) is 22.0 Å². The van der Waals surface area contributed by atoms with Gasteiger partial charge >= 0.3 is 0 Å². The molecular formula is C18H19Cl2N3O5S2. The molecule has 0 aliphatic carbocycles. The molecule has 3 rings (SSSR count). The first kappa shape index (κ1) is 23.0. The zero-order valence-corrected chi connectivity index (χ0v) is 18.7. The molecule has 0 spiro atoms. The predicted molar refractivity (Wildman–Crippen MR) is 114 cm³/mol. The largest absolute Gasteiger partial charge is 0.326 e. The molecule has 0 radical (unpaired) electrons. The fourth-order valence-electron chi connectivity index (χ4n) is 3.16. The van der Waals surface area contributed by atoms with E-state index in [2.05, 4.69) is 5.32 Å². The molecule has 0 unspecified atom stereocenters. The molecule has 3 N–H and O–H groups in total. The Hall–Kier alpha value is -1.69. The third kappa shape index (κ3) is 5.13. The second-order valence-electron chi connectivity index (χ2n) is 6.84. The van der Waals surface area contributed by atoms with E-state index in [1.165, 1.54) is 46.8 Å². The quantitative estimate of drug-likeness (QED) is 0.664. The average Bonchev–Trinajstić information content (AvgIpc) is 2.69. The molecule has 8 nitrogen and oxygen atoms in total. The Bertz CT molecular complexity index is 1170. The summed E-state index contributed by atoms with van der Waals surface area (Å²) in [5.41, 5.74) is 0.380.